The smallest absolute Gasteiger partial charge is 0.313 e. The number of hydrogen-bond acceptors (Lipinski definition) is 2. The first kappa shape index (κ1) is 16.2. The Morgan fingerprint density at radius 3 is 2.50 bits per heavy atom. The molecule has 0 bridgehead atoms. The molecule has 124 valence electrons. The molecule has 1 aliphatic heterocycles. The standard InChI is InChI=1S/C19H18FNO3/c1-2-16-17(19(23)24)13-8-4-5-9-14(13)18(22)21(16)11-12-7-3-6-10-15(12)20/h3-10,16-17H,2,11H2,1H3,(H,23,24). The highest BCUT2D eigenvalue weighted by atomic mass is 19.1. The van der Waals surface area contributed by atoms with Crippen LogP contribution in [-0.2, 0) is 11.3 Å². The molecule has 2 unspecified atom stereocenters. The van der Waals surface area contributed by atoms with E-state index < -0.39 is 23.7 Å². The third-order valence-electron chi connectivity index (χ3n) is 4.56. The summed E-state index contributed by atoms with van der Waals surface area (Å²) in [5.74, 6) is -2.43. The summed E-state index contributed by atoms with van der Waals surface area (Å²) in [4.78, 5) is 26.2. The van der Waals surface area contributed by atoms with Gasteiger partial charge >= 0.3 is 5.97 Å². The average molecular weight is 327 g/mol. The van der Waals surface area contributed by atoms with Gasteiger partial charge in [0.15, 0.2) is 0 Å². The molecule has 5 heteroatoms. The molecule has 0 saturated carbocycles. The van der Waals surface area contributed by atoms with Gasteiger partial charge in [-0.15, -0.1) is 0 Å². The monoisotopic (exact) mass is 327 g/mol. The van der Waals surface area contributed by atoms with Crippen LogP contribution in [0.5, 0.6) is 0 Å². The molecule has 2 atom stereocenters. The van der Waals surface area contributed by atoms with Crippen molar-refractivity contribution in [2.75, 3.05) is 0 Å². The normalized spacial score (nSPS) is 19.9. The molecule has 0 aromatic heterocycles. The Hall–Kier alpha value is -2.69. The average Bonchev–Trinajstić information content (AvgIpc) is 2.58. The lowest BCUT2D eigenvalue weighted by atomic mass is 9.81. The summed E-state index contributed by atoms with van der Waals surface area (Å²) in [6.07, 6.45) is 0.478. The maximum atomic E-state index is 14.0. The number of amides is 1. The highest BCUT2D eigenvalue weighted by Crippen LogP contribution is 2.36. The van der Waals surface area contributed by atoms with Gasteiger partial charge in [0.25, 0.3) is 5.91 Å². The van der Waals surface area contributed by atoms with Crippen molar-refractivity contribution in [1.82, 2.24) is 4.90 Å². The van der Waals surface area contributed by atoms with Gasteiger partial charge < -0.3 is 10.0 Å². The molecule has 1 amide bonds. The molecule has 2 aromatic carbocycles. The number of rotatable bonds is 4. The van der Waals surface area contributed by atoms with Crippen LogP contribution in [0.15, 0.2) is 48.5 Å². The van der Waals surface area contributed by atoms with Crippen molar-refractivity contribution < 1.29 is 19.1 Å². The molecule has 1 heterocycles. The Labute approximate surface area is 139 Å². The van der Waals surface area contributed by atoms with Crippen molar-refractivity contribution >= 4 is 11.9 Å². The number of carbonyl (C=O) groups is 2. The lowest BCUT2D eigenvalue weighted by molar-refractivity contribution is -0.140. The van der Waals surface area contributed by atoms with Crippen molar-refractivity contribution in [1.29, 1.82) is 0 Å². The lowest BCUT2D eigenvalue weighted by Gasteiger charge is -2.40. The predicted octanol–water partition coefficient (Wildman–Crippen LogP) is 3.43. The van der Waals surface area contributed by atoms with Crippen LogP contribution in [0, 0.1) is 5.82 Å². The third-order valence-corrected chi connectivity index (χ3v) is 4.56. The van der Waals surface area contributed by atoms with Crippen LogP contribution in [0.1, 0.15) is 40.7 Å². The van der Waals surface area contributed by atoms with E-state index in [-0.39, 0.29) is 12.5 Å². The molecule has 0 saturated heterocycles. The maximum Gasteiger partial charge on any atom is 0.313 e. The number of nitrogens with zero attached hydrogens (tertiary/aromatic N) is 1. The Morgan fingerprint density at radius 2 is 1.83 bits per heavy atom. The molecular weight excluding hydrogens is 309 g/mol. The molecule has 1 aliphatic rings. The molecular formula is C19H18FNO3. The summed E-state index contributed by atoms with van der Waals surface area (Å²) in [7, 11) is 0. The zero-order chi connectivity index (χ0) is 17.3. The number of aliphatic carboxylic acids is 1. The summed E-state index contributed by atoms with van der Waals surface area (Å²) < 4.78 is 14.0. The molecule has 0 spiro atoms. The fraction of sp³-hybridized carbons (Fsp3) is 0.263. The number of benzene rings is 2. The minimum Gasteiger partial charge on any atom is -0.481 e. The van der Waals surface area contributed by atoms with Gasteiger partial charge in [-0.05, 0) is 24.1 Å². The number of hydrogen-bond donors (Lipinski definition) is 1. The van der Waals surface area contributed by atoms with E-state index in [9.17, 15) is 19.1 Å². The van der Waals surface area contributed by atoms with Crippen molar-refractivity contribution in [3.05, 3.63) is 71.0 Å². The van der Waals surface area contributed by atoms with Gasteiger partial charge in [-0.25, -0.2) is 4.39 Å². The number of fused-ring (bicyclic) bond motifs is 1. The summed E-state index contributed by atoms with van der Waals surface area (Å²) in [5, 5.41) is 9.70. The molecule has 0 aliphatic carbocycles. The van der Waals surface area contributed by atoms with E-state index in [0.717, 1.165) is 0 Å². The van der Waals surface area contributed by atoms with Gasteiger partial charge in [-0.3, -0.25) is 9.59 Å². The second-order valence-corrected chi connectivity index (χ2v) is 5.90. The second kappa shape index (κ2) is 6.43. The number of carboxylic acid groups (broad SMARTS) is 1. The summed E-state index contributed by atoms with van der Waals surface area (Å²) in [5.41, 5.74) is 1.30. The molecule has 2 aromatic rings. The maximum absolute atomic E-state index is 14.0. The minimum atomic E-state index is -0.972. The van der Waals surface area contributed by atoms with E-state index in [4.69, 9.17) is 0 Å². The largest absolute Gasteiger partial charge is 0.481 e. The van der Waals surface area contributed by atoms with E-state index in [1.54, 1.807) is 42.5 Å². The third kappa shape index (κ3) is 2.66. The van der Waals surface area contributed by atoms with Crippen LogP contribution < -0.4 is 0 Å². The van der Waals surface area contributed by atoms with Gasteiger partial charge in [0.2, 0.25) is 0 Å². The quantitative estimate of drug-likeness (QED) is 0.936. The molecule has 4 nitrogen and oxygen atoms in total. The number of halogens is 1. The van der Waals surface area contributed by atoms with Crippen LogP contribution in [-0.4, -0.2) is 27.9 Å². The fourth-order valence-electron chi connectivity index (χ4n) is 3.41. The first-order valence-corrected chi connectivity index (χ1v) is 7.90. The summed E-state index contributed by atoms with van der Waals surface area (Å²) in [6.45, 7) is 1.90. The molecule has 0 radical (unpaired) electrons. The van der Waals surface area contributed by atoms with Gasteiger partial charge in [-0.2, -0.15) is 0 Å². The highest BCUT2D eigenvalue weighted by Gasteiger charge is 2.42. The van der Waals surface area contributed by atoms with E-state index in [1.165, 1.54) is 11.0 Å². The van der Waals surface area contributed by atoms with Crippen molar-refractivity contribution in [3.8, 4) is 0 Å². The Balaban J connectivity index is 2.07. The Kier molecular flexibility index (Phi) is 4.34. The van der Waals surface area contributed by atoms with Crippen LogP contribution in [0.25, 0.3) is 0 Å². The van der Waals surface area contributed by atoms with E-state index in [2.05, 4.69) is 0 Å². The van der Waals surface area contributed by atoms with Crippen molar-refractivity contribution in [2.24, 2.45) is 0 Å². The SMILES string of the molecule is CCC1C(C(=O)O)c2ccccc2C(=O)N1Cc1ccccc1F. The van der Waals surface area contributed by atoms with Crippen LogP contribution in [0.2, 0.25) is 0 Å². The zero-order valence-electron chi connectivity index (χ0n) is 13.3. The van der Waals surface area contributed by atoms with Gasteiger partial charge in [0, 0.05) is 23.7 Å². The highest BCUT2D eigenvalue weighted by molar-refractivity contribution is 6.00. The zero-order valence-corrected chi connectivity index (χ0v) is 13.3. The molecule has 3 rings (SSSR count). The predicted molar refractivity (Wildman–Crippen MR) is 87.2 cm³/mol. The van der Waals surface area contributed by atoms with Crippen molar-refractivity contribution in [3.63, 3.8) is 0 Å². The first-order chi connectivity index (χ1) is 11.5. The van der Waals surface area contributed by atoms with Gasteiger partial charge in [0.05, 0.1) is 0 Å². The first-order valence-electron chi connectivity index (χ1n) is 7.90. The minimum absolute atomic E-state index is 0.0577. The van der Waals surface area contributed by atoms with Crippen LogP contribution >= 0.6 is 0 Å². The number of carbonyl (C=O) groups excluding carboxylic acids is 1. The topological polar surface area (TPSA) is 57.6 Å². The molecule has 1 N–H and O–H groups in total. The van der Waals surface area contributed by atoms with Crippen LogP contribution in [0.4, 0.5) is 4.39 Å². The Morgan fingerprint density at radius 1 is 1.17 bits per heavy atom. The van der Waals surface area contributed by atoms with E-state index in [1.807, 2.05) is 6.92 Å². The van der Waals surface area contributed by atoms with Crippen LogP contribution in [0.3, 0.4) is 0 Å². The fourth-order valence-corrected chi connectivity index (χ4v) is 3.41. The lowest BCUT2D eigenvalue weighted by Crippen LogP contribution is -2.49. The molecule has 0 fully saturated rings. The Bertz CT molecular complexity index is 790. The van der Waals surface area contributed by atoms with E-state index >= 15 is 0 Å². The summed E-state index contributed by atoms with van der Waals surface area (Å²) >= 11 is 0. The second-order valence-electron chi connectivity index (χ2n) is 5.90. The number of carboxylic acids is 1. The van der Waals surface area contributed by atoms with Gasteiger partial charge in [0.1, 0.15) is 11.7 Å². The van der Waals surface area contributed by atoms with E-state index in [0.29, 0.717) is 23.1 Å². The summed E-state index contributed by atoms with van der Waals surface area (Å²) in [6, 6.07) is 12.5. The molecule has 24 heavy (non-hydrogen) atoms. The van der Waals surface area contributed by atoms with Crippen molar-refractivity contribution in [2.45, 2.75) is 31.8 Å². The van der Waals surface area contributed by atoms with Gasteiger partial charge in [-0.1, -0.05) is 43.3 Å².